The van der Waals surface area contributed by atoms with E-state index in [-0.39, 0.29) is 0 Å². The molecule has 0 atom stereocenters. The van der Waals surface area contributed by atoms with Crippen molar-refractivity contribution in [2.75, 3.05) is 0 Å². The van der Waals surface area contributed by atoms with Gasteiger partial charge in [0.15, 0.2) is 0 Å². The molecule has 0 N–H and O–H groups in total. The van der Waals surface area contributed by atoms with Crippen molar-refractivity contribution in [1.29, 1.82) is 0 Å². The zero-order valence-corrected chi connectivity index (χ0v) is 19.1. The molecule has 3 aromatic carbocycles. The maximum Gasteiger partial charge on any atom is 0.0732 e. The lowest BCUT2D eigenvalue weighted by Crippen LogP contribution is -2.07. The van der Waals surface area contributed by atoms with E-state index in [4.69, 9.17) is 0 Å². The second-order valence-electron chi connectivity index (χ2n) is 8.92. The minimum absolute atomic E-state index is 0.998. The predicted molar refractivity (Wildman–Crippen MR) is 143 cm³/mol. The minimum Gasteiger partial charge on any atom is -0.264 e. The van der Waals surface area contributed by atoms with E-state index in [9.17, 15) is 0 Å². The van der Waals surface area contributed by atoms with E-state index in [1.807, 2.05) is 24.4 Å². The first-order valence-corrected chi connectivity index (χ1v) is 12.0. The van der Waals surface area contributed by atoms with E-state index in [0.717, 1.165) is 10.9 Å². The minimum atomic E-state index is 0.998. The summed E-state index contributed by atoms with van der Waals surface area (Å²) in [5.74, 6) is 0. The molecule has 0 amide bonds. The Labute approximate surface area is 200 Å². The summed E-state index contributed by atoms with van der Waals surface area (Å²) in [4.78, 5) is 8.11. The maximum absolute atomic E-state index is 4.14. The second kappa shape index (κ2) is 9.07. The van der Waals surface area contributed by atoms with Crippen LogP contribution in [0.4, 0.5) is 0 Å². The number of aryl methyl sites for hydroxylation is 1. The van der Waals surface area contributed by atoms with Crippen LogP contribution in [-0.4, -0.2) is 9.97 Å². The van der Waals surface area contributed by atoms with Gasteiger partial charge < -0.3 is 0 Å². The highest BCUT2D eigenvalue weighted by molar-refractivity contribution is 5.95. The van der Waals surface area contributed by atoms with Crippen LogP contribution in [0.15, 0.2) is 115 Å². The van der Waals surface area contributed by atoms with Crippen molar-refractivity contribution in [3.8, 4) is 11.1 Å². The Bertz CT molecular complexity index is 1480. The lowest BCUT2D eigenvalue weighted by atomic mass is 9.79. The lowest BCUT2D eigenvalue weighted by Gasteiger charge is -2.25. The summed E-state index contributed by atoms with van der Waals surface area (Å²) in [5, 5.41) is 3.88. The van der Waals surface area contributed by atoms with Crippen LogP contribution in [0.25, 0.3) is 38.4 Å². The third-order valence-electron chi connectivity index (χ3n) is 6.89. The molecule has 0 aliphatic heterocycles. The number of rotatable bonds is 1. The van der Waals surface area contributed by atoms with Crippen molar-refractivity contribution in [3.63, 3.8) is 0 Å². The topological polar surface area (TPSA) is 25.8 Å². The summed E-state index contributed by atoms with van der Waals surface area (Å²) in [6.45, 7) is 0. The van der Waals surface area contributed by atoms with Crippen molar-refractivity contribution in [2.45, 2.75) is 25.7 Å². The maximum atomic E-state index is 4.14. The second-order valence-corrected chi connectivity index (χ2v) is 8.92. The van der Waals surface area contributed by atoms with Crippen molar-refractivity contribution in [1.82, 2.24) is 9.97 Å². The fourth-order valence-corrected chi connectivity index (χ4v) is 5.17. The number of pyridine rings is 2. The first-order chi connectivity index (χ1) is 16.9. The number of hydrogen-bond acceptors (Lipinski definition) is 2. The zero-order valence-electron chi connectivity index (χ0n) is 19.1. The van der Waals surface area contributed by atoms with Gasteiger partial charge in [-0.2, -0.15) is 0 Å². The van der Waals surface area contributed by atoms with Crippen molar-refractivity contribution >= 4 is 27.2 Å². The van der Waals surface area contributed by atoms with Gasteiger partial charge in [0.1, 0.15) is 0 Å². The highest BCUT2D eigenvalue weighted by Crippen LogP contribution is 2.40. The highest BCUT2D eigenvalue weighted by Gasteiger charge is 2.20. The highest BCUT2D eigenvalue weighted by atomic mass is 14.7. The Kier molecular flexibility index (Phi) is 5.48. The van der Waals surface area contributed by atoms with Gasteiger partial charge >= 0.3 is 0 Å². The average Bonchev–Trinajstić information content (AvgIpc) is 2.93. The number of aromatic nitrogens is 2. The molecule has 0 radical (unpaired) electrons. The summed E-state index contributed by atoms with van der Waals surface area (Å²) in [7, 11) is 0. The third kappa shape index (κ3) is 3.92. The SMILES string of the molecule is C1=CC2=C(CC1)CCc1c2ccc2cc(-c3ccccc3)ccc12.c1cnc2ccncc2c1. The van der Waals surface area contributed by atoms with Gasteiger partial charge in [0.25, 0.3) is 0 Å². The Morgan fingerprint density at radius 1 is 0.676 bits per heavy atom. The first kappa shape index (κ1) is 20.6. The Morgan fingerprint density at radius 2 is 1.62 bits per heavy atom. The van der Waals surface area contributed by atoms with Crippen LogP contribution >= 0.6 is 0 Å². The Hall–Kier alpha value is -4.04. The number of nitrogens with zero attached hydrogens (tertiary/aromatic N) is 2. The smallest absolute Gasteiger partial charge is 0.0732 e. The fourth-order valence-electron chi connectivity index (χ4n) is 5.17. The van der Waals surface area contributed by atoms with Crippen LogP contribution < -0.4 is 0 Å². The molecule has 2 heteroatoms. The Morgan fingerprint density at radius 3 is 2.53 bits per heavy atom. The van der Waals surface area contributed by atoms with Crippen molar-refractivity contribution < 1.29 is 0 Å². The number of fused-ring (bicyclic) bond motifs is 5. The van der Waals surface area contributed by atoms with Gasteiger partial charge in [-0.25, -0.2) is 0 Å². The van der Waals surface area contributed by atoms with Gasteiger partial charge in [-0.3, -0.25) is 9.97 Å². The quantitative estimate of drug-likeness (QED) is 0.264. The van der Waals surface area contributed by atoms with E-state index in [2.05, 4.69) is 82.8 Å². The van der Waals surface area contributed by atoms with Crippen molar-refractivity contribution in [2.24, 2.45) is 0 Å². The summed E-state index contributed by atoms with van der Waals surface area (Å²) in [6, 6.07) is 28.0. The molecule has 0 saturated carbocycles. The summed E-state index contributed by atoms with van der Waals surface area (Å²) in [5.41, 5.74) is 9.75. The van der Waals surface area contributed by atoms with Crippen LogP contribution in [0, 0.1) is 0 Å². The standard InChI is InChI=1S/C24H20.C8H6N2/c1-2-6-17(7-3-1)19-11-13-22-20(16-19)12-15-23-21-9-5-4-8-18(21)10-14-24(22)23;1-2-7-6-9-5-3-8(7)10-4-1/h1-3,5-7,9,11-13,15-16H,4,8,10,14H2;1-6H. The number of benzene rings is 3. The molecule has 2 heterocycles. The fraction of sp³-hybridized carbons (Fsp3) is 0.125. The zero-order chi connectivity index (χ0) is 22.7. The van der Waals surface area contributed by atoms with E-state index in [0.29, 0.717) is 0 Å². The molecule has 34 heavy (non-hydrogen) atoms. The van der Waals surface area contributed by atoms with Gasteiger partial charge in [-0.1, -0.05) is 72.3 Å². The normalized spacial score (nSPS) is 14.4. The molecule has 2 aliphatic rings. The molecular weight excluding hydrogens is 412 g/mol. The molecule has 0 fully saturated rings. The van der Waals surface area contributed by atoms with Gasteiger partial charge in [-0.15, -0.1) is 0 Å². The molecule has 0 spiro atoms. The van der Waals surface area contributed by atoms with Gasteiger partial charge in [-0.05, 0) is 88.5 Å². The molecule has 0 saturated heterocycles. The number of allylic oxidation sites excluding steroid dienone is 4. The summed E-state index contributed by atoms with van der Waals surface area (Å²) >= 11 is 0. The molecule has 5 aromatic rings. The van der Waals surface area contributed by atoms with Gasteiger partial charge in [0.2, 0.25) is 0 Å². The predicted octanol–water partition coefficient (Wildman–Crippen LogP) is 8.19. The number of hydrogen-bond donors (Lipinski definition) is 0. The van der Waals surface area contributed by atoms with Gasteiger partial charge in [0.05, 0.1) is 5.52 Å². The molecule has 164 valence electrons. The third-order valence-corrected chi connectivity index (χ3v) is 6.89. The van der Waals surface area contributed by atoms with E-state index in [1.54, 1.807) is 18.0 Å². The molecule has 2 aliphatic carbocycles. The van der Waals surface area contributed by atoms with Crippen LogP contribution in [0.1, 0.15) is 30.4 Å². The van der Waals surface area contributed by atoms with Crippen LogP contribution in [-0.2, 0) is 6.42 Å². The summed E-state index contributed by atoms with van der Waals surface area (Å²) < 4.78 is 0. The lowest BCUT2D eigenvalue weighted by molar-refractivity contribution is 0.831. The molecule has 7 rings (SSSR count). The van der Waals surface area contributed by atoms with E-state index >= 15 is 0 Å². The van der Waals surface area contributed by atoms with Crippen LogP contribution in [0.2, 0.25) is 0 Å². The van der Waals surface area contributed by atoms with Crippen LogP contribution in [0.5, 0.6) is 0 Å². The molecule has 0 bridgehead atoms. The van der Waals surface area contributed by atoms with Crippen LogP contribution in [0.3, 0.4) is 0 Å². The molecule has 2 aromatic heterocycles. The molecular formula is C32H26N2. The largest absolute Gasteiger partial charge is 0.264 e. The average molecular weight is 439 g/mol. The van der Waals surface area contributed by atoms with E-state index in [1.165, 1.54) is 64.3 Å². The van der Waals surface area contributed by atoms with Crippen molar-refractivity contribution in [3.05, 3.63) is 126 Å². The Balaban J connectivity index is 0.000000182. The summed E-state index contributed by atoms with van der Waals surface area (Å²) in [6.07, 6.45) is 14.9. The first-order valence-electron chi connectivity index (χ1n) is 12.0. The van der Waals surface area contributed by atoms with Gasteiger partial charge in [0, 0.05) is 24.0 Å². The monoisotopic (exact) mass is 438 g/mol. The molecule has 2 nitrogen and oxygen atoms in total. The molecule has 0 unspecified atom stereocenters. The van der Waals surface area contributed by atoms with E-state index < -0.39 is 0 Å².